The van der Waals surface area contributed by atoms with Gasteiger partial charge in [-0.3, -0.25) is 4.40 Å². The van der Waals surface area contributed by atoms with Crippen LogP contribution in [0.3, 0.4) is 0 Å². The van der Waals surface area contributed by atoms with Crippen molar-refractivity contribution in [1.82, 2.24) is 19.9 Å². The van der Waals surface area contributed by atoms with E-state index in [1.54, 1.807) is 4.40 Å². The van der Waals surface area contributed by atoms with Crippen molar-refractivity contribution < 1.29 is 18.7 Å². The molecule has 0 aliphatic carbocycles. The van der Waals surface area contributed by atoms with E-state index in [9.17, 15) is 13.6 Å². The molecule has 0 saturated carbocycles. The van der Waals surface area contributed by atoms with E-state index in [-0.39, 0.29) is 18.4 Å². The number of halogens is 2. The van der Waals surface area contributed by atoms with E-state index in [2.05, 4.69) is 15.5 Å². The Morgan fingerprint density at radius 1 is 1.11 bits per heavy atom. The Bertz CT molecular complexity index is 1180. The number of pyridine rings is 1. The van der Waals surface area contributed by atoms with E-state index < -0.39 is 23.8 Å². The highest BCUT2D eigenvalue weighted by Gasteiger charge is 2.19. The highest BCUT2D eigenvalue weighted by Crippen LogP contribution is 2.20. The normalized spacial score (nSPS) is 12.4. The summed E-state index contributed by atoms with van der Waals surface area (Å²) in [5.74, 6) is -0.642. The van der Waals surface area contributed by atoms with Gasteiger partial charge in [0.15, 0.2) is 5.65 Å². The molecule has 0 saturated heterocycles. The minimum absolute atomic E-state index is 0.0155. The molecule has 1 atom stereocenters. The van der Waals surface area contributed by atoms with E-state index in [0.717, 1.165) is 29.0 Å². The standard InChI is InChI=1S/C20H16F2N4O2/c21-14-5-6-17(22)13(9-14)10-15(23-20(27)28)11-18-24-25-19-16-4-2-1-3-12(16)7-8-26(18)19/h1-9,15,23H,10-11H2,(H,27,28)/t15-/m1/s1. The second-order valence-electron chi connectivity index (χ2n) is 6.50. The minimum Gasteiger partial charge on any atom is -0.465 e. The number of hydrogen-bond acceptors (Lipinski definition) is 3. The highest BCUT2D eigenvalue weighted by molar-refractivity contribution is 5.93. The molecule has 4 rings (SSSR count). The maximum atomic E-state index is 14.0. The third-order valence-electron chi connectivity index (χ3n) is 4.60. The van der Waals surface area contributed by atoms with Crippen LogP contribution >= 0.6 is 0 Å². The first-order valence-electron chi connectivity index (χ1n) is 8.66. The molecule has 2 heterocycles. The molecular weight excluding hydrogens is 366 g/mol. The van der Waals surface area contributed by atoms with Crippen molar-refractivity contribution in [1.29, 1.82) is 0 Å². The summed E-state index contributed by atoms with van der Waals surface area (Å²) in [6.45, 7) is 0. The van der Waals surface area contributed by atoms with Crippen molar-refractivity contribution in [2.75, 3.05) is 0 Å². The summed E-state index contributed by atoms with van der Waals surface area (Å²) >= 11 is 0. The van der Waals surface area contributed by atoms with Crippen LogP contribution in [0, 0.1) is 11.6 Å². The number of nitrogens with one attached hydrogen (secondary N) is 1. The fourth-order valence-corrected chi connectivity index (χ4v) is 3.34. The molecule has 0 bridgehead atoms. The number of amides is 1. The number of fused-ring (bicyclic) bond motifs is 3. The van der Waals surface area contributed by atoms with Gasteiger partial charge in [0.05, 0.1) is 0 Å². The summed E-state index contributed by atoms with van der Waals surface area (Å²) in [7, 11) is 0. The fraction of sp³-hybridized carbons (Fsp3) is 0.150. The van der Waals surface area contributed by atoms with Gasteiger partial charge in [0, 0.05) is 24.0 Å². The van der Waals surface area contributed by atoms with E-state index in [4.69, 9.17) is 5.11 Å². The van der Waals surface area contributed by atoms with Gasteiger partial charge in [-0.15, -0.1) is 10.2 Å². The van der Waals surface area contributed by atoms with Gasteiger partial charge < -0.3 is 10.4 Å². The molecule has 6 nitrogen and oxygen atoms in total. The first-order chi connectivity index (χ1) is 13.5. The molecule has 4 aromatic rings. The first-order valence-corrected chi connectivity index (χ1v) is 8.66. The van der Waals surface area contributed by atoms with Crippen LogP contribution in [0.5, 0.6) is 0 Å². The molecule has 142 valence electrons. The Morgan fingerprint density at radius 2 is 1.93 bits per heavy atom. The van der Waals surface area contributed by atoms with Gasteiger partial charge in [0.2, 0.25) is 0 Å². The summed E-state index contributed by atoms with van der Waals surface area (Å²) < 4.78 is 29.2. The molecule has 2 aromatic carbocycles. The molecule has 0 fully saturated rings. The van der Waals surface area contributed by atoms with E-state index in [0.29, 0.717) is 11.5 Å². The van der Waals surface area contributed by atoms with Crippen molar-refractivity contribution >= 4 is 22.5 Å². The Kier molecular flexibility index (Phi) is 4.60. The molecular formula is C20H16F2N4O2. The maximum absolute atomic E-state index is 14.0. The lowest BCUT2D eigenvalue weighted by Gasteiger charge is -2.17. The van der Waals surface area contributed by atoms with Crippen LogP contribution < -0.4 is 5.32 Å². The van der Waals surface area contributed by atoms with E-state index in [1.807, 2.05) is 36.5 Å². The zero-order valence-corrected chi connectivity index (χ0v) is 14.6. The van der Waals surface area contributed by atoms with Crippen molar-refractivity contribution in [2.45, 2.75) is 18.9 Å². The quantitative estimate of drug-likeness (QED) is 0.553. The number of hydrogen-bond donors (Lipinski definition) is 2. The van der Waals surface area contributed by atoms with Crippen LogP contribution in [-0.2, 0) is 12.8 Å². The van der Waals surface area contributed by atoms with Crippen molar-refractivity contribution in [3.05, 3.63) is 77.8 Å². The van der Waals surface area contributed by atoms with Gasteiger partial charge in [0.1, 0.15) is 17.5 Å². The second kappa shape index (κ2) is 7.22. The smallest absolute Gasteiger partial charge is 0.404 e. The number of carboxylic acid groups (broad SMARTS) is 1. The number of rotatable bonds is 5. The first kappa shape index (κ1) is 17.8. The van der Waals surface area contributed by atoms with Crippen LogP contribution in [0.2, 0.25) is 0 Å². The summed E-state index contributed by atoms with van der Waals surface area (Å²) in [5, 5.41) is 21.8. The molecule has 0 radical (unpaired) electrons. The van der Waals surface area contributed by atoms with Gasteiger partial charge in [-0.2, -0.15) is 0 Å². The van der Waals surface area contributed by atoms with Crippen LogP contribution in [0.1, 0.15) is 11.4 Å². The fourth-order valence-electron chi connectivity index (χ4n) is 3.34. The molecule has 1 amide bonds. The Labute approximate surface area is 158 Å². The zero-order chi connectivity index (χ0) is 19.7. The van der Waals surface area contributed by atoms with Crippen LogP contribution in [0.25, 0.3) is 16.4 Å². The van der Waals surface area contributed by atoms with Crippen molar-refractivity contribution in [3.8, 4) is 0 Å². The average molecular weight is 382 g/mol. The highest BCUT2D eigenvalue weighted by atomic mass is 19.1. The van der Waals surface area contributed by atoms with Gasteiger partial charge >= 0.3 is 6.09 Å². The third-order valence-corrected chi connectivity index (χ3v) is 4.60. The van der Waals surface area contributed by atoms with Crippen LogP contribution in [0.15, 0.2) is 54.7 Å². The number of aromatic nitrogens is 3. The SMILES string of the molecule is O=C(O)N[C@H](Cc1cc(F)ccc1F)Cc1nnc2c3ccccc3ccn12. The molecule has 2 aromatic heterocycles. The Morgan fingerprint density at radius 3 is 2.75 bits per heavy atom. The lowest BCUT2D eigenvalue weighted by atomic mass is 10.0. The Hall–Kier alpha value is -3.55. The van der Waals surface area contributed by atoms with Crippen molar-refractivity contribution in [2.24, 2.45) is 0 Å². The molecule has 28 heavy (non-hydrogen) atoms. The largest absolute Gasteiger partial charge is 0.465 e. The summed E-state index contributed by atoms with van der Waals surface area (Å²) in [4.78, 5) is 11.2. The van der Waals surface area contributed by atoms with Crippen molar-refractivity contribution in [3.63, 3.8) is 0 Å². The molecule has 0 aliphatic heterocycles. The molecule has 0 spiro atoms. The van der Waals surface area contributed by atoms with Crippen LogP contribution in [0.4, 0.5) is 13.6 Å². The predicted molar refractivity (Wildman–Crippen MR) is 99.2 cm³/mol. The van der Waals surface area contributed by atoms with Gasteiger partial charge in [-0.25, -0.2) is 13.6 Å². The molecule has 8 heteroatoms. The topological polar surface area (TPSA) is 79.5 Å². The number of nitrogens with zero attached hydrogens (tertiary/aromatic N) is 3. The van der Waals surface area contributed by atoms with Gasteiger partial charge in [-0.1, -0.05) is 24.3 Å². The molecule has 0 unspecified atom stereocenters. The molecule has 0 aliphatic rings. The number of carbonyl (C=O) groups is 1. The van der Waals surface area contributed by atoms with E-state index >= 15 is 0 Å². The van der Waals surface area contributed by atoms with Gasteiger partial charge in [0.25, 0.3) is 0 Å². The lowest BCUT2D eigenvalue weighted by molar-refractivity contribution is 0.189. The second-order valence-corrected chi connectivity index (χ2v) is 6.50. The number of benzene rings is 2. The van der Waals surface area contributed by atoms with Gasteiger partial charge in [-0.05, 0) is 41.6 Å². The average Bonchev–Trinajstić information content (AvgIpc) is 3.07. The van der Waals surface area contributed by atoms with E-state index in [1.165, 1.54) is 0 Å². The minimum atomic E-state index is -1.25. The third kappa shape index (κ3) is 3.48. The summed E-state index contributed by atoms with van der Waals surface area (Å²) in [6, 6.07) is 12.1. The summed E-state index contributed by atoms with van der Waals surface area (Å²) in [5.41, 5.74) is 0.747. The maximum Gasteiger partial charge on any atom is 0.404 e. The summed E-state index contributed by atoms with van der Waals surface area (Å²) in [6.07, 6.45) is 0.717. The zero-order valence-electron chi connectivity index (χ0n) is 14.6. The predicted octanol–water partition coefficient (Wildman–Crippen LogP) is 3.58. The lowest BCUT2D eigenvalue weighted by Crippen LogP contribution is -2.37. The monoisotopic (exact) mass is 382 g/mol. The molecule has 2 N–H and O–H groups in total. The van der Waals surface area contributed by atoms with Crippen LogP contribution in [-0.4, -0.2) is 31.8 Å². The Balaban J connectivity index is 1.68.